The molecule has 0 amide bonds. The molecule has 25 heavy (non-hydrogen) atoms. The third-order valence-electron chi connectivity index (χ3n) is 6.79. The van der Waals surface area contributed by atoms with Gasteiger partial charge >= 0.3 is 157 Å². The fourth-order valence-corrected chi connectivity index (χ4v) is 20.6. The Morgan fingerprint density at radius 2 is 1.16 bits per heavy atom. The van der Waals surface area contributed by atoms with Crippen LogP contribution < -0.4 is 0 Å². The first-order valence-electron chi connectivity index (χ1n) is 9.90. The number of benzene rings is 2. The van der Waals surface area contributed by atoms with Crippen molar-refractivity contribution in [3.8, 4) is 0 Å². The molecule has 2 aromatic rings. The van der Waals surface area contributed by atoms with Crippen LogP contribution in [0.1, 0.15) is 60.8 Å². The first kappa shape index (κ1) is 16.0. The van der Waals surface area contributed by atoms with Crippen molar-refractivity contribution in [2.75, 3.05) is 0 Å². The molecule has 0 N–H and O–H groups in total. The van der Waals surface area contributed by atoms with Crippen molar-refractivity contribution in [2.45, 2.75) is 46.8 Å². The fourth-order valence-electron chi connectivity index (χ4n) is 5.48. The van der Waals surface area contributed by atoms with Crippen molar-refractivity contribution in [1.82, 2.24) is 0 Å². The molecule has 1 fully saturated rings. The molecule has 0 spiro atoms. The van der Waals surface area contributed by atoms with Crippen molar-refractivity contribution < 1.29 is 20.3 Å². The first-order valence-corrected chi connectivity index (χ1v) is 15.8. The van der Waals surface area contributed by atoms with E-state index in [4.69, 9.17) is 0 Å². The number of allylic oxidation sites excluding steroid dienone is 2. The van der Waals surface area contributed by atoms with Crippen LogP contribution in [-0.2, 0) is 20.3 Å². The Hall–Kier alpha value is -1.20. The Bertz CT molecular complexity index is 826. The van der Waals surface area contributed by atoms with E-state index < -0.39 is 20.3 Å². The van der Waals surface area contributed by atoms with Crippen LogP contribution in [0.25, 0.3) is 12.2 Å². The van der Waals surface area contributed by atoms with Crippen molar-refractivity contribution in [2.24, 2.45) is 0 Å². The van der Waals surface area contributed by atoms with E-state index in [2.05, 4.69) is 74.5 Å². The molecule has 0 unspecified atom stereocenters. The van der Waals surface area contributed by atoms with Gasteiger partial charge in [-0.15, -0.1) is 0 Å². The van der Waals surface area contributed by atoms with Gasteiger partial charge in [-0.25, -0.2) is 0 Å². The van der Waals surface area contributed by atoms with E-state index in [1.54, 1.807) is 19.4 Å². The van der Waals surface area contributed by atoms with E-state index in [1.807, 2.05) is 6.56 Å². The first-order chi connectivity index (χ1) is 12.3. The molecule has 1 aliphatic heterocycles. The Morgan fingerprint density at radius 1 is 0.720 bits per heavy atom. The molecule has 0 aromatic heterocycles. The topological polar surface area (TPSA) is 0 Å². The second kappa shape index (κ2) is 5.92. The van der Waals surface area contributed by atoms with Gasteiger partial charge in [0.2, 0.25) is 0 Å². The molecular formula is C24H26Zr. The van der Waals surface area contributed by atoms with Gasteiger partial charge < -0.3 is 0 Å². The van der Waals surface area contributed by atoms with Crippen LogP contribution in [0.5, 0.6) is 0 Å². The summed E-state index contributed by atoms with van der Waals surface area (Å²) in [6.45, 7) is 4.77. The summed E-state index contributed by atoms with van der Waals surface area (Å²) in [5.41, 5.74) is 6.23. The van der Waals surface area contributed by atoms with Crippen molar-refractivity contribution in [1.29, 1.82) is 0 Å². The summed E-state index contributed by atoms with van der Waals surface area (Å²) in [6, 6.07) is 18.3. The van der Waals surface area contributed by atoms with Crippen LogP contribution in [-0.4, -0.2) is 0 Å². The molecule has 0 bridgehead atoms. The van der Waals surface area contributed by atoms with Crippen LogP contribution in [0.2, 0.25) is 8.26 Å². The molecule has 2 aromatic carbocycles. The van der Waals surface area contributed by atoms with Gasteiger partial charge in [0, 0.05) is 0 Å². The number of hydrogen-bond acceptors (Lipinski definition) is 0. The fraction of sp³-hybridized carbons (Fsp3) is 0.333. The number of fused-ring (bicyclic) bond motifs is 2. The molecule has 1 heterocycles. The maximum atomic E-state index is 2.63. The Kier molecular flexibility index (Phi) is 3.79. The standard InChI is InChI=1S/2C11H11.C2H4.Zr/c2*1-2-9-7-8-10-5-3-4-6-11(9)10;1-2;/h2*3-6,8-9H,2H2,1H3;1-2H2;/t2*9-;;/m10../s1. The molecule has 1 heteroatoms. The van der Waals surface area contributed by atoms with Gasteiger partial charge in [0.05, 0.1) is 0 Å². The summed E-state index contributed by atoms with van der Waals surface area (Å²) >= 11 is -2.33. The Balaban J connectivity index is 1.60. The average Bonchev–Trinajstić information content (AvgIpc) is 3.23. The number of rotatable bonds is 4. The summed E-state index contributed by atoms with van der Waals surface area (Å²) in [5, 5.41) is 0. The van der Waals surface area contributed by atoms with E-state index in [0.29, 0.717) is 11.8 Å². The molecule has 5 rings (SSSR count). The van der Waals surface area contributed by atoms with Crippen molar-refractivity contribution >= 4 is 12.2 Å². The normalized spacial score (nSPS) is 25.2. The van der Waals surface area contributed by atoms with Gasteiger partial charge in [0.15, 0.2) is 0 Å². The van der Waals surface area contributed by atoms with Crippen LogP contribution in [0.4, 0.5) is 0 Å². The molecule has 0 saturated carbocycles. The third kappa shape index (κ3) is 2.28. The molecule has 1 saturated heterocycles. The molecule has 0 nitrogen and oxygen atoms in total. The molecule has 3 aliphatic rings. The van der Waals surface area contributed by atoms with Crippen LogP contribution in [0.3, 0.4) is 0 Å². The maximum absolute atomic E-state index is 2.63. The van der Waals surface area contributed by atoms with Gasteiger partial charge in [0.1, 0.15) is 0 Å². The van der Waals surface area contributed by atoms with Gasteiger partial charge in [0.25, 0.3) is 0 Å². The predicted molar refractivity (Wildman–Crippen MR) is 105 cm³/mol. The summed E-state index contributed by atoms with van der Waals surface area (Å²) in [5.74, 6) is 1.41. The molecule has 126 valence electrons. The predicted octanol–water partition coefficient (Wildman–Crippen LogP) is 7.09. The number of hydrogen-bond donors (Lipinski definition) is 0. The molecule has 2 aliphatic carbocycles. The zero-order valence-corrected chi connectivity index (χ0v) is 17.7. The summed E-state index contributed by atoms with van der Waals surface area (Å²) < 4.78 is 6.91. The van der Waals surface area contributed by atoms with Gasteiger partial charge in [-0.1, -0.05) is 0 Å². The third-order valence-corrected chi connectivity index (χ3v) is 18.3. The van der Waals surface area contributed by atoms with E-state index >= 15 is 0 Å². The zero-order chi connectivity index (χ0) is 17.0. The average molecular weight is 406 g/mol. The minimum atomic E-state index is -2.33. The van der Waals surface area contributed by atoms with E-state index in [-0.39, 0.29) is 0 Å². The zero-order valence-electron chi connectivity index (χ0n) is 15.3. The summed E-state index contributed by atoms with van der Waals surface area (Å²) in [7, 11) is 0. The Labute approximate surface area is 156 Å². The van der Waals surface area contributed by atoms with E-state index in [9.17, 15) is 0 Å². The van der Waals surface area contributed by atoms with Gasteiger partial charge in [-0.2, -0.15) is 0 Å². The molecule has 0 radical (unpaired) electrons. The van der Waals surface area contributed by atoms with Gasteiger partial charge in [-0.05, 0) is 0 Å². The summed E-state index contributed by atoms with van der Waals surface area (Å²) in [6.07, 6.45) is 7.78. The summed E-state index contributed by atoms with van der Waals surface area (Å²) in [4.78, 5) is 0. The van der Waals surface area contributed by atoms with E-state index in [1.165, 1.54) is 24.0 Å². The second-order valence-electron chi connectivity index (χ2n) is 7.96. The van der Waals surface area contributed by atoms with Crippen molar-refractivity contribution in [3.05, 3.63) is 77.3 Å². The Morgan fingerprint density at radius 3 is 1.56 bits per heavy atom. The van der Waals surface area contributed by atoms with Crippen LogP contribution in [0, 0.1) is 0 Å². The SMILES string of the molecule is CC[C@@H]1[C]([Zr]2([C]3=Cc4ccccc4[C@H]3CC)[CH2][CH2]2)=Cc2ccccc21. The quantitative estimate of drug-likeness (QED) is 0.509. The monoisotopic (exact) mass is 404 g/mol. The van der Waals surface area contributed by atoms with Crippen LogP contribution in [0.15, 0.2) is 55.1 Å². The van der Waals surface area contributed by atoms with E-state index in [0.717, 1.165) is 0 Å². The molecular weight excluding hydrogens is 379 g/mol. The van der Waals surface area contributed by atoms with Crippen LogP contribution >= 0.6 is 0 Å². The second-order valence-corrected chi connectivity index (χ2v) is 18.6. The molecule has 2 atom stereocenters. The van der Waals surface area contributed by atoms with Crippen molar-refractivity contribution in [3.63, 3.8) is 0 Å². The minimum absolute atomic E-state index is 0.705. The van der Waals surface area contributed by atoms with Gasteiger partial charge in [-0.3, -0.25) is 0 Å².